The molecule has 0 bridgehead atoms. The molecule has 4 nitrogen and oxygen atoms in total. The lowest BCUT2D eigenvalue weighted by molar-refractivity contribution is -0.463. The molecule has 84 valence electrons. The highest BCUT2D eigenvalue weighted by Gasteiger charge is 2.28. The largest absolute Gasteiger partial charge is 0.276 e. The van der Waals surface area contributed by atoms with E-state index in [9.17, 15) is 10.1 Å². The van der Waals surface area contributed by atoms with Crippen LogP contribution in [0.15, 0.2) is 29.3 Å². The average Bonchev–Trinajstić information content (AvgIpc) is 2.14. The van der Waals surface area contributed by atoms with Gasteiger partial charge in [-0.3, -0.25) is 15.1 Å². The Bertz CT molecular complexity index is 464. The first kappa shape index (κ1) is 10.8. The molecule has 1 aromatic rings. The Balaban J connectivity index is 2.47. The van der Waals surface area contributed by atoms with Crippen molar-refractivity contribution in [2.24, 2.45) is 4.99 Å². The Morgan fingerprint density at radius 1 is 1.44 bits per heavy atom. The summed E-state index contributed by atoms with van der Waals surface area (Å²) < 4.78 is 0. The molecule has 1 aliphatic heterocycles. The predicted molar refractivity (Wildman–Crippen MR) is 62.6 cm³/mol. The zero-order valence-electron chi connectivity index (χ0n) is 9.43. The minimum atomic E-state index is -0.322. The number of nitro groups is 1. The lowest BCUT2D eigenvalue weighted by Gasteiger charge is -2.27. The second-order valence-electron chi connectivity index (χ2n) is 4.70. The zero-order chi connectivity index (χ0) is 11.8. The molecule has 0 spiro atoms. The highest BCUT2D eigenvalue weighted by atomic mass is 16.6. The quantitative estimate of drug-likeness (QED) is 0.563. The van der Waals surface area contributed by atoms with Gasteiger partial charge in [0.05, 0.1) is 5.54 Å². The molecular formula is C12H14N2O2. The second kappa shape index (κ2) is 3.70. The third-order valence-corrected chi connectivity index (χ3v) is 2.67. The molecule has 0 saturated carbocycles. The Morgan fingerprint density at radius 2 is 2.12 bits per heavy atom. The molecule has 2 rings (SSSR count). The van der Waals surface area contributed by atoms with Gasteiger partial charge in [0.25, 0.3) is 0 Å². The standard InChI is InChI=1S/C12H14N2O2/c1-12(2)7-9-5-3-4-6-10(9)11(13-12)8-14(15)16/h3-6H,7-8H2,1-2H3. The number of nitrogens with zero attached hydrogens (tertiary/aromatic N) is 2. The van der Waals surface area contributed by atoms with Gasteiger partial charge < -0.3 is 0 Å². The number of aliphatic imine (C=N–C) groups is 1. The molecule has 0 aliphatic carbocycles. The fourth-order valence-corrected chi connectivity index (χ4v) is 2.13. The lowest BCUT2D eigenvalue weighted by Crippen LogP contribution is -2.31. The maximum Gasteiger partial charge on any atom is 0.245 e. The highest BCUT2D eigenvalue weighted by Crippen LogP contribution is 2.26. The van der Waals surface area contributed by atoms with Gasteiger partial charge in [0.2, 0.25) is 6.54 Å². The van der Waals surface area contributed by atoms with Crippen LogP contribution in [-0.4, -0.2) is 22.7 Å². The summed E-state index contributed by atoms with van der Waals surface area (Å²) in [5.74, 6) is 0. The summed E-state index contributed by atoms with van der Waals surface area (Å²) in [5, 5.41) is 10.6. The Hall–Kier alpha value is -1.71. The first-order chi connectivity index (χ1) is 7.48. The van der Waals surface area contributed by atoms with Crippen LogP contribution in [0.3, 0.4) is 0 Å². The molecule has 0 N–H and O–H groups in total. The zero-order valence-corrected chi connectivity index (χ0v) is 9.43. The van der Waals surface area contributed by atoms with Crippen molar-refractivity contribution in [2.45, 2.75) is 25.8 Å². The fraction of sp³-hybridized carbons (Fsp3) is 0.417. The van der Waals surface area contributed by atoms with Crippen LogP contribution in [0.25, 0.3) is 0 Å². The van der Waals surface area contributed by atoms with E-state index in [0.29, 0.717) is 5.71 Å². The van der Waals surface area contributed by atoms with E-state index in [1.54, 1.807) is 0 Å². The molecule has 1 heterocycles. The molecule has 0 saturated heterocycles. The topological polar surface area (TPSA) is 55.5 Å². The molecule has 0 radical (unpaired) electrons. The van der Waals surface area contributed by atoms with Crippen molar-refractivity contribution in [3.63, 3.8) is 0 Å². The van der Waals surface area contributed by atoms with Crippen LogP contribution in [-0.2, 0) is 6.42 Å². The number of hydrogen-bond acceptors (Lipinski definition) is 3. The molecule has 0 fully saturated rings. The van der Waals surface area contributed by atoms with Crippen LogP contribution in [0, 0.1) is 10.1 Å². The van der Waals surface area contributed by atoms with Gasteiger partial charge >= 0.3 is 0 Å². The molecule has 4 heteroatoms. The van der Waals surface area contributed by atoms with E-state index in [4.69, 9.17) is 0 Å². The van der Waals surface area contributed by atoms with Crippen LogP contribution < -0.4 is 0 Å². The van der Waals surface area contributed by atoms with E-state index in [2.05, 4.69) is 4.99 Å². The first-order valence-corrected chi connectivity index (χ1v) is 5.27. The van der Waals surface area contributed by atoms with Gasteiger partial charge in [-0.1, -0.05) is 24.3 Å². The average molecular weight is 218 g/mol. The van der Waals surface area contributed by atoms with Crippen LogP contribution in [0.5, 0.6) is 0 Å². The fourth-order valence-electron chi connectivity index (χ4n) is 2.13. The minimum Gasteiger partial charge on any atom is -0.276 e. The van der Waals surface area contributed by atoms with Crippen molar-refractivity contribution in [3.05, 3.63) is 45.5 Å². The van der Waals surface area contributed by atoms with Gasteiger partial charge in [0.1, 0.15) is 5.71 Å². The van der Waals surface area contributed by atoms with E-state index < -0.39 is 0 Å². The van der Waals surface area contributed by atoms with Crippen molar-refractivity contribution in [3.8, 4) is 0 Å². The molecule has 1 aromatic carbocycles. The summed E-state index contributed by atoms with van der Waals surface area (Å²) in [5.41, 5.74) is 2.44. The molecule has 0 unspecified atom stereocenters. The summed E-state index contributed by atoms with van der Waals surface area (Å²) in [6.07, 6.45) is 0.838. The van der Waals surface area contributed by atoms with Crippen molar-refractivity contribution in [1.82, 2.24) is 0 Å². The molecule has 0 amide bonds. The van der Waals surface area contributed by atoms with Gasteiger partial charge in [-0.25, -0.2) is 0 Å². The van der Waals surface area contributed by atoms with Crippen LogP contribution in [0.4, 0.5) is 0 Å². The van der Waals surface area contributed by atoms with Gasteiger partial charge in [-0.2, -0.15) is 0 Å². The molecule has 1 aliphatic rings. The summed E-state index contributed by atoms with van der Waals surface area (Å²) in [4.78, 5) is 14.8. The lowest BCUT2D eigenvalue weighted by atomic mass is 9.87. The molecule has 16 heavy (non-hydrogen) atoms. The van der Waals surface area contributed by atoms with Gasteiger partial charge in [-0.05, 0) is 25.8 Å². The van der Waals surface area contributed by atoms with Crippen LogP contribution >= 0.6 is 0 Å². The van der Waals surface area contributed by atoms with Crippen LogP contribution in [0.2, 0.25) is 0 Å². The molecule has 0 atom stereocenters. The highest BCUT2D eigenvalue weighted by molar-refractivity contribution is 6.03. The molecular weight excluding hydrogens is 204 g/mol. The third kappa shape index (κ3) is 2.10. The van der Waals surface area contributed by atoms with Gasteiger partial charge in [0.15, 0.2) is 0 Å². The first-order valence-electron chi connectivity index (χ1n) is 5.27. The van der Waals surface area contributed by atoms with Crippen molar-refractivity contribution >= 4 is 5.71 Å². The van der Waals surface area contributed by atoms with Crippen LogP contribution in [0.1, 0.15) is 25.0 Å². The van der Waals surface area contributed by atoms with Crippen molar-refractivity contribution in [2.75, 3.05) is 6.54 Å². The third-order valence-electron chi connectivity index (χ3n) is 2.67. The number of fused-ring (bicyclic) bond motifs is 1. The van der Waals surface area contributed by atoms with E-state index in [0.717, 1.165) is 17.5 Å². The Morgan fingerprint density at radius 3 is 2.81 bits per heavy atom. The van der Waals surface area contributed by atoms with Crippen molar-refractivity contribution in [1.29, 1.82) is 0 Å². The Kier molecular flexibility index (Phi) is 2.50. The minimum absolute atomic E-state index is 0.194. The van der Waals surface area contributed by atoms with Gasteiger partial charge in [-0.15, -0.1) is 0 Å². The summed E-state index contributed by atoms with van der Waals surface area (Å²) in [6.45, 7) is 3.81. The van der Waals surface area contributed by atoms with E-state index >= 15 is 0 Å². The SMILES string of the molecule is CC1(C)Cc2ccccc2C(C[N+](=O)[O-])=N1. The summed E-state index contributed by atoms with van der Waals surface area (Å²) >= 11 is 0. The van der Waals surface area contributed by atoms with Crippen molar-refractivity contribution < 1.29 is 4.92 Å². The normalized spacial score (nSPS) is 17.5. The monoisotopic (exact) mass is 218 g/mol. The second-order valence-corrected chi connectivity index (χ2v) is 4.70. The number of rotatable bonds is 2. The Labute approximate surface area is 94.2 Å². The smallest absolute Gasteiger partial charge is 0.245 e. The van der Waals surface area contributed by atoms with E-state index in [1.165, 1.54) is 0 Å². The predicted octanol–water partition coefficient (Wildman–Crippen LogP) is 2.09. The summed E-state index contributed by atoms with van der Waals surface area (Å²) in [6, 6.07) is 7.79. The number of benzene rings is 1. The van der Waals surface area contributed by atoms with E-state index in [1.807, 2.05) is 38.1 Å². The van der Waals surface area contributed by atoms with E-state index in [-0.39, 0.29) is 17.0 Å². The summed E-state index contributed by atoms with van der Waals surface area (Å²) in [7, 11) is 0. The maximum atomic E-state index is 10.6. The maximum absolute atomic E-state index is 10.6. The molecule has 0 aromatic heterocycles. The van der Waals surface area contributed by atoms with Gasteiger partial charge in [0, 0.05) is 10.5 Å². The number of hydrogen-bond donors (Lipinski definition) is 0.